The van der Waals surface area contributed by atoms with Gasteiger partial charge in [-0.1, -0.05) is 36.4 Å². The van der Waals surface area contributed by atoms with Gasteiger partial charge in [0.05, 0.1) is 32.5 Å². The summed E-state index contributed by atoms with van der Waals surface area (Å²) in [6.45, 7) is 3.04. The van der Waals surface area contributed by atoms with Crippen molar-refractivity contribution in [2.75, 3.05) is 7.11 Å². The van der Waals surface area contributed by atoms with Crippen LogP contribution in [0.4, 0.5) is 0 Å². The fourth-order valence-corrected chi connectivity index (χ4v) is 3.83. The zero-order valence-electron chi connectivity index (χ0n) is 17.7. The summed E-state index contributed by atoms with van der Waals surface area (Å²) in [7, 11) is 1.65. The predicted octanol–water partition coefficient (Wildman–Crippen LogP) is 5.70. The Hall–Kier alpha value is -2.63. The summed E-state index contributed by atoms with van der Waals surface area (Å²) in [6.07, 6.45) is 4.63. The molecule has 30 heavy (non-hydrogen) atoms. The predicted molar refractivity (Wildman–Crippen MR) is 115 cm³/mol. The normalized spacial score (nSPS) is 19.0. The third kappa shape index (κ3) is 5.29. The Kier molecular flexibility index (Phi) is 6.82. The molecule has 3 aromatic rings. The van der Waals surface area contributed by atoms with Gasteiger partial charge in [-0.3, -0.25) is 0 Å². The average molecular weight is 408 g/mol. The Bertz CT molecular complexity index is 937. The number of hydrogen-bond acceptors (Lipinski definition) is 5. The van der Waals surface area contributed by atoms with Crippen molar-refractivity contribution in [3.8, 4) is 17.2 Å². The molecule has 0 spiro atoms. The fourth-order valence-electron chi connectivity index (χ4n) is 3.83. The summed E-state index contributed by atoms with van der Waals surface area (Å²) >= 11 is 0. The minimum Gasteiger partial charge on any atom is -0.497 e. The molecule has 2 unspecified atom stereocenters. The summed E-state index contributed by atoms with van der Waals surface area (Å²) in [6, 6.07) is 18.1. The van der Waals surface area contributed by atoms with E-state index in [1.54, 1.807) is 7.11 Å². The molecular formula is C25H29NO4. The first-order chi connectivity index (χ1) is 14.7. The maximum atomic E-state index is 6.20. The Morgan fingerprint density at radius 2 is 1.73 bits per heavy atom. The number of methoxy groups -OCH3 is 1. The number of aryl methyl sites for hydroxylation is 1. The second-order valence-electron chi connectivity index (χ2n) is 7.77. The van der Waals surface area contributed by atoms with Gasteiger partial charge in [-0.15, -0.1) is 0 Å². The smallest absolute Gasteiger partial charge is 0.226 e. The maximum Gasteiger partial charge on any atom is 0.226 e. The molecule has 0 N–H and O–H groups in total. The molecule has 2 atom stereocenters. The molecule has 1 aliphatic rings. The van der Waals surface area contributed by atoms with Gasteiger partial charge in [0.2, 0.25) is 5.89 Å². The van der Waals surface area contributed by atoms with Crippen LogP contribution < -0.4 is 4.74 Å². The van der Waals surface area contributed by atoms with Gasteiger partial charge in [0.1, 0.15) is 17.2 Å². The van der Waals surface area contributed by atoms with Crippen LogP contribution in [-0.2, 0) is 22.7 Å². The molecule has 2 aromatic carbocycles. The minimum absolute atomic E-state index is 0.191. The first kappa shape index (κ1) is 20.6. The van der Waals surface area contributed by atoms with Crippen molar-refractivity contribution >= 4 is 0 Å². The molecule has 1 aromatic heterocycles. The molecule has 158 valence electrons. The lowest BCUT2D eigenvalue weighted by molar-refractivity contribution is -0.0562. The van der Waals surface area contributed by atoms with E-state index in [9.17, 15) is 0 Å². The summed E-state index contributed by atoms with van der Waals surface area (Å²) in [5.41, 5.74) is 2.96. The molecule has 5 nitrogen and oxygen atoms in total. The Balaban J connectivity index is 1.31. The van der Waals surface area contributed by atoms with Gasteiger partial charge >= 0.3 is 0 Å². The summed E-state index contributed by atoms with van der Waals surface area (Å²) < 4.78 is 23.5. The molecule has 5 heteroatoms. The highest BCUT2D eigenvalue weighted by molar-refractivity contribution is 5.56. The molecule has 1 fully saturated rings. The molecule has 1 aliphatic carbocycles. The third-order valence-electron chi connectivity index (χ3n) is 5.57. The van der Waals surface area contributed by atoms with Crippen molar-refractivity contribution in [3.63, 3.8) is 0 Å². The van der Waals surface area contributed by atoms with Crippen LogP contribution in [0, 0.1) is 6.92 Å². The average Bonchev–Trinajstić information content (AvgIpc) is 3.18. The lowest BCUT2D eigenvalue weighted by Gasteiger charge is -2.29. The Morgan fingerprint density at radius 3 is 2.50 bits per heavy atom. The Labute approximate surface area is 178 Å². The Morgan fingerprint density at radius 1 is 0.967 bits per heavy atom. The largest absolute Gasteiger partial charge is 0.497 e. The van der Waals surface area contributed by atoms with Crippen LogP contribution in [-0.4, -0.2) is 24.3 Å². The van der Waals surface area contributed by atoms with Gasteiger partial charge in [0.15, 0.2) is 0 Å². The molecular weight excluding hydrogens is 378 g/mol. The number of ether oxygens (including phenoxy) is 3. The van der Waals surface area contributed by atoms with E-state index < -0.39 is 0 Å². The lowest BCUT2D eigenvalue weighted by atomic mass is 9.95. The van der Waals surface area contributed by atoms with E-state index in [2.05, 4.69) is 17.1 Å². The quantitative estimate of drug-likeness (QED) is 0.479. The highest BCUT2D eigenvalue weighted by Crippen LogP contribution is 2.28. The number of oxazole rings is 1. The SMILES string of the molecule is COc1cccc(-c2nc(COC3CCCC(OCc4ccccc4)C3)c(C)o2)c1. The summed E-state index contributed by atoms with van der Waals surface area (Å²) in [4.78, 5) is 4.66. The van der Waals surface area contributed by atoms with E-state index in [1.807, 2.05) is 49.4 Å². The molecule has 0 bridgehead atoms. The van der Waals surface area contributed by atoms with Crippen LogP contribution in [0.1, 0.15) is 42.7 Å². The van der Waals surface area contributed by atoms with Gasteiger partial charge in [0.25, 0.3) is 0 Å². The topological polar surface area (TPSA) is 53.7 Å². The number of aromatic nitrogens is 1. The first-order valence-corrected chi connectivity index (χ1v) is 10.6. The highest BCUT2D eigenvalue weighted by Gasteiger charge is 2.24. The van der Waals surface area contributed by atoms with Crippen LogP contribution in [0.15, 0.2) is 59.0 Å². The van der Waals surface area contributed by atoms with Crippen molar-refractivity contribution < 1.29 is 18.6 Å². The zero-order valence-corrected chi connectivity index (χ0v) is 17.7. The van der Waals surface area contributed by atoms with Crippen molar-refractivity contribution in [1.29, 1.82) is 0 Å². The molecule has 0 saturated heterocycles. The van der Waals surface area contributed by atoms with Gasteiger partial charge < -0.3 is 18.6 Å². The molecule has 1 heterocycles. The molecule has 1 saturated carbocycles. The van der Waals surface area contributed by atoms with E-state index in [-0.39, 0.29) is 12.2 Å². The van der Waals surface area contributed by atoms with E-state index in [4.69, 9.17) is 18.6 Å². The minimum atomic E-state index is 0.191. The van der Waals surface area contributed by atoms with E-state index >= 15 is 0 Å². The van der Waals surface area contributed by atoms with Crippen molar-refractivity contribution in [2.45, 2.75) is 58.0 Å². The number of nitrogens with zero attached hydrogens (tertiary/aromatic N) is 1. The first-order valence-electron chi connectivity index (χ1n) is 10.6. The fraction of sp³-hybridized carbons (Fsp3) is 0.400. The van der Waals surface area contributed by atoms with Crippen molar-refractivity contribution in [2.24, 2.45) is 0 Å². The zero-order chi connectivity index (χ0) is 20.8. The van der Waals surface area contributed by atoms with E-state index in [1.165, 1.54) is 5.56 Å². The second kappa shape index (κ2) is 9.92. The van der Waals surface area contributed by atoms with Crippen LogP contribution in [0.5, 0.6) is 5.75 Å². The van der Waals surface area contributed by atoms with Crippen LogP contribution >= 0.6 is 0 Å². The third-order valence-corrected chi connectivity index (χ3v) is 5.57. The molecule has 4 rings (SSSR count). The van der Waals surface area contributed by atoms with Gasteiger partial charge in [0, 0.05) is 5.56 Å². The van der Waals surface area contributed by atoms with E-state index in [0.717, 1.165) is 48.5 Å². The monoisotopic (exact) mass is 407 g/mol. The number of rotatable bonds is 8. The summed E-state index contributed by atoms with van der Waals surface area (Å²) in [5.74, 6) is 2.17. The summed E-state index contributed by atoms with van der Waals surface area (Å²) in [5, 5.41) is 0. The van der Waals surface area contributed by atoms with Crippen molar-refractivity contribution in [3.05, 3.63) is 71.6 Å². The highest BCUT2D eigenvalue weighted by atomic mass is 16.5. The number of benzene rings is 2. The van der Waals surface area contributed by atoms with Gasteiger partial charge in [-0.2, -0.15) is 0 Å². The van der Waals surface area contributed by atoms with E-state index in [0.29, 0.717) is 19.1 Å². The molecule has 0 aliphatic heterocycles. The van der Waals surface area contributed by atoms with Crippen LogP contribution in [0.3, 0.4) is 0 Å². The molecule has 0 radical (unpaired) electrons. The van der Waals surface area contributed by atoms with Crippen molar-refractivity contribution in [1.82, 2.24) is 4.98 Å². The number of hydrogen-bond donors (Lipinski definition) is 0. The standard InChI is InChI=1S/C25H29NO4/c1-18-24(26-25(30-18)20-10-6-11-21(14-20)27-2)17-29-23-13-7-12-22(15-23)28-16-19-8-4-3-5-9-19/h3-6,8-11,14,22-23H,7,12-13,15-17H2,1-2H3. The van der Waals surface area contributed by atoms with Gasteiger partial charge in [-0.25, -0.2) is 4.98 Å². The second-order valence-corrected chi connectivity index (χ2v) is 7.77. The lowest BCUT2D eigenvalue weighted by Crippen LogP contribution is -2.28. The van der Waals surface area contributed by atoms with Crippen LogP contribution in [0.2, 0.25) is 0 Å². The van der Waals surface area contributed by atoms with Gasteiger partial charge in [-0.05, 0) is 56.4 Å². The van der Waals surface area contributed by atoms with Crippen LogP contribution in [0.25, 0.3) is 11.5 Å². The maximum absolute atomic E-state index is 6.20. The molecule has 0 amide bonds.